The molecule has 2 aliphatic rings. The van der Waals surface area contributed by atoms with Gasteiger partial charge in [0.05, 0.1) is 4.92 Å². The number of nitrogens with zero attached hydrogens (tertiary/aromatic N) is 1. The van der Waals surface area contributed by atoms with Gasteiger partial charge < -0.3 is 4.89 Å². The van der Waals surface area contributed by atoms with Gasteiger partial charge in [-0.15, -0.1) is 0 Å². The molecule has 8 heteroatoms. The number of non-ortho nitro benzene ring substituents is 1. The van der Waals surface area contributed by atoms with Crippen LogP contribution in [0.3, 0.4) is 0 Å². The normalized spacial score (nSPS) is 27.7. The number of hydrogen-bond donors (Lipinski definition) is 0. The molecule has 1 aromatic rings. The summed E-state index contributed by atoms with van der Waals surface area (Å²) in [6, 6.07) is 6.12. The topological polar surface area (TPSA) is 102 Å². The van der Waals surface area contributed by atoms with Crippen LogP contribution in [0.4, 0.5) is 5.69 Å². The van der Waals surface area contributed by atoms with Crippen LogP contribution in [0.5, 0.6) is 0 Å². The number of carbonyl (C=O) groups excluding carboxylic acids is 1. The van der Waals surface area contributed by atoms with Gasteiger partial charge in [0, 0.05) is 29.9 Å². The number of carbonyl (C=O) groups is 1. The summed E-state index contributed by atoms with van der Waals surface area (Å²) < 4.78 is 11.4. The van der Waals surface area contributed by atoms with Crippen LogP contribution >= 0.6 is 7.94 Å². The Morgan fingerprint density at radius 3 is 2.54 bits per heavy atom. The summed E-state index contributed by atoms with van der Waals surface area (Å²) in [4.78, 5) is 36.2. The van der Waals surface area contributed by atoms with Crippen LogP contribution in [0, 0.1) is 15.5 Å². The largest absolute Gasteiger partial charge is 0.631 e. The van der Waals surface area contributed by atoms with Crippen LogP contribution in [0.2, 0.25) is 0 Å². The lowest BCUT2D eigenvalue weighted by Gasteiger charge is -2.45. The zero-order valence-electron chi connectivity index (χ0n) is 15.0. The van der Waals surface area contributed by atoms with E-state index in [4.69, 9.17) is 9.05 Å². The zero-order chi connectivity index (χ0) is 19.1. The first-order valence-electron chi connectivity index (χ1n) is 8.45. The first-order chi connectivity index (χ1) is 12.1. The minimum Gasteiger partial charge on any atom is -0.631 e. The molecule has 0 N–H and O–H groups in total. The molecule has 2 unspecified atom stereocenters. The van der Waals surface area contributed by atoms with Gasteiger partial charge in [-0.1, -0.05) is 26.0 Å². The summed E-state index contributed by atoms with van der Waals surface area (Å²) in [5, 5.41) is 11.1. The average Bonchev–Trinajstić information content (AvgIpc) is 2.57. The molecule has 0 aromatic heterocycles. The zero-order valence-corrected chi connectivity index (χ0v) is 15.9. The summed E-state index contributed by atoms with van der Waals surface area (Å²) in [5.41, 5.74) is 0.291. The van der Waals surface area contributed by atoms with Crippen molar-refractivity contribution in [3.8, 4) is 0 Å². The Morgan fingerprint density at radius 2 is 1.92 bits per heavy atom. The third-order valence-electron chi connectivity index (χ3n) is 4.78. The predicted octanol–water partition coefficient (Wildman–Crippen LogP) is 3.16. The van der Waals surface area contributed by atoms with Gasteiger partial charge in [0.2, 0.25) is 7.94 Å². The standard InChI is InChI=1S/C18H22NO6P/c1-12-7-15(20)9-16(13-5-4-6-14(8-13)19(21)22)17(12)26(23)24-10-18(2,3)11-25-26/h4-8,16-17H,9-11H2,1-3H3. The van der Waals surface area contributed by atoms with Gasteiger partial charge in [-0.05, 0) is 24.1 Å². The van der Waals surface area contributed by atoms with E-state index >= 15 is 0 Å². The van der Waals surface area contributed by atoms with Gasteiger partial charge >= 0.3 is 0 Å². The van der Waals surface area contributed by atoms with E-state index in [9.17, 15) is 19.8 Å². The number of benzene rings is 1. The molecule has 26 heavy (non-hydrogen) atoms. The van der Waals surface area contributed by atoms with Crippen molar-refractivity contribution in [1.82, 2.24) is 0 Å². The SMILES string of the molecule is CC1=CC(=O)CC(c2cccc([N+](=O)[O-])c2)C1[P+]1([O-])OCC(C)(C)CO1. The number of nitro benzene ring substituents is 1. The van der Waals surface area contributed by atoms with Gasteiger partial charge in [-0.25, -0.2) is 9.05 Å². The summed E-state index contributed by atoms with van der Waals surface area (Å²) in [7, 11) is -3.50. The second kappa shape index (κ2) is 6.82. The lowest BCUT2D eigenvalue weighted by Crippen LogP contribution is -2.43. The Morgan fingerprint density at radius 1 is 1.27 bits per heavy atom. The number of rotatable bonds is 3. The molecule has 1 heterocycles. The molecule has 1 saturated heterocycles. The van der Waals surface area contributed by atoms with Crippen molar-refractivity contribution < 1.29 is 23.7 Å². The van der Waals surface area contributed by atoms with Crippen LogP contribution in [-0.4, -0.2) is 29.6 Å². The Kier molecular flexibility index (Phi) is 5.01. The molecule has 0 saturated carbocycles. The Bertz CT molecular complexity index is 765. The van der Waals surface area contributed by atoms with Crippen molar-refractivity contribution >= 4 is 19.4 Å². The van der Waals surface area contributed by atoms with E-state index < -0.39 is 24.4 Å². The lowest BCUT2D eigenvalue weighted by atomic mass is 9.83. The lowest BCUT2D eigenvalue weighted by molar-refractivity contribution is -0.384. The Hall–Kier alpha value is -1.66. The monoisotopic (exact) mass is 379 g/mol. The molecule has 1 aromatic carbocycles. The molecular weight excluding hydrogens is 357 g/mol. The Balaban J connectivity index is 2.00. The minimum absolute atomic E-state index is 0.0641. The van der Waals surface area contributed by atoms with E-state index in [1.165, 1.54) is 18.2 Å². The van der Waals surface area contributed by atoms with Crippen LogP contribution in [0.25, 0.3) is 0 Å². The fourth-order valence-electron chi connectivity index (χ4n) is 3.45. The van der Waals surface area contributed by atoms with Crippen molar-refractivity contribution in [2.24, 2.45) is 5.41 Å². The van der Waals surface area contributed by atoms with E-state index in [0.717, 1.165) is 0 Å². The van der Waals surface area contributed by atoms with E-state index in [-0.39, 0.29) is 23.3 Å². The highest BCUT2D eigenvalue weighted by atomic mass is 31.2. The molecule has 1 aliphatic carbocycles. The van der Waals surface area contributed by atoms with E-state index in [1.807, 2.05) is 13.8 Å². The van der Waals surface area contributed by atoms with Gasteiger partial charge in [-0.3, -0.25) is 14.9 Å². The summed E-state index contributed by atoms with van der Waals surface area (Å²) in [6.07, 6.45) is 1.59. The Labute approximate surface area is 152 Å². The van der Waals surface area contributed by atoms with Crippen molar-refractivity contribution in [2.45, 2.75) is 38.8 Å². The first kappa shape index (κ1) is 19.1. The highest BCUT2D eigenvalue weighted by molar-refractivity contribution is 7.60. The second-order valence-corrected chi connectivity index (χ2v) is 9.87. The second-order valence-electron chi connectivity index (χ2n) is 7.71. The first-order valence-corrected chi connectivity index (χ1v) is 10.1. The van der Waals surface area contributed by atoms with Crippen molar-refractivity contribution in [3.63, 3.8) is 0 Å². The van der Waals surface area contributed by atoms with Crippen molar-refractivity contribution in [1.29, 1.82) is 0 Å². The van der Waals surface area contributed by atoms with Crippen LogP contribution in [0.1, 0.15) is 38.7 Å². The summed E-state index contributed by atoms with van der Waals surface area (Å²) >= 11 is 0. The molecule has 0 amide bonds. The van der Waals surface area contributed by atoms with E-state index in [0.29, 0.717) is 24.4 Å². The molecule has 0 radical (unpaired) electrons. The van der Waals surface area contributed by atoms with Crippen molar-refractivity contribution in [3.05, 3.63) is 51.6 Å². The van der Waals surface area contributed by atoms with Crippen LogP contribution in [0.15, 0.2) is 35.9 Å². The quantitative estimate of drug-likeness (QED) is 0.454. The fourth-order valence-corrected chi connectivity index (χ4v) is 6.20. The maximum Gasteiger partial charge on any atom is 0.269 e. The molecule has 0 bridgehead atoms. The van der Waals surface area contributed by atoms with Crippen LogP contribution < -0.4 is 4.89 Å². The third kappa shape index (κ3) is 3.71. The van der Waals surface area contributed by atoms with E-state index in [2.05, 4.69) is 0 Å². The molecule has 0 spiro atoms. The minimum atomic E-state index is -3.50. The molecule has 140 valence electrons. The number of ketones is 1. The summed E-state index contributed by atoms with van der Waals surface area (Å²) in [5.74, 6) is -0.585. The number of hydrogen-bond acceptors (Lipinski definition) is 6. The molecule has 3 rings (SSSR count). The van der Waals surface area contributed by atoms with Gasteiger partial charge in [0.25, 0.3) is 5.69 Å². The molecular formula is C18H22NO6P. The van der Waals surface area contributed by atoms with Crippen LogP contribution in [-0.2, 0) is 13.8 Å². The van der Waals surface area contributed by atoms with Crippen molar-refractivity contribution in [2.75, 3.05) is 13.2 Å². The molecule has 2 atom stereocenters. The van der Waals surface area contributed by atoms with Gasteiger partial charge in [0.15, 0.2) is 5.78 Å². The molecule has 1 fully saturated rings. The third-order valence-corrected chi connectivity index (χ3v) is 7.20. The number of allylic oxidation sites excluding steroid dienone is 2. The number of nitro groups is 1. The molecule has 1 aliphatic heterocycles. The van der Waals surface area contributed by atoms with Gasteiger partial charge in [-0.2, -0.15) is 0 Å². The fraction of sp³-hybridized carbons (Fsp3) is 0.500. The smallest absolute Gasteiger partial charge is 0.269 e. The predicted molar refractivity (Wildman–Crippen MR) is 95.6 cm³/mol. The van der Waals surface area contributed by atoms with E-state index in [1.54, 1.807) is 19.1 Å². The highest BCUT2D eigenvalue weighted by Gasteiger charge is 2.53. The highest BCUT2D eigenvalue weighted by Crippen LogP contribution is 2.67. The maximum atomic E-state index is 13.5. The van der Waals surface area contributed by atoms with Gasteiger partial charge in [0.1, 0.15) is 18.9 Å². The average molecular weight is 379 g/mol. The maximum absolute atomic E-state index is 13.5. The molecule has 7 nitrogen and oxygen atoms in total. The summed E-state index contributed by atoms with van der Waals surface area (Å²) in [6.45, 7) is 6.24.